The first kappa shape index (κ1) is 12.8. The van der Waals surface area contributed by atoms with E-state index in [1.165, 1.54) is 0 Å². The van der Waals surface area contributed by atoms with Crippen molar-refractivity contribution in [1.82, 2.24) is 5.32 Å². The SMILES string of the molecule is C=C(Cl)CN1C[C@@H](C(=O)NC)Oc2ccccc21. The van der Waals surface area contributed by atoms with E-state index in [2.05, 4.69) is 11.9 Å². The Morgan fingerprint density at radius 2 is 2.33 bits per heavy atom. The molecule has 1 amide bonds. The highest BCUT2D eigenvalue weighted by atomic mass is 35.5. The van der Waals surface area contributed by atoms with E-state index in [0.717, 1.165) is 5.69 Å². The molecule has 96 valence electrons. The third-order valence-electron chi connectivity index (χ3n) is 2.76. The molecular formula is C13H15ClN2O2. The largest absolute Gasteiger partial charge is 0.477 e. The Labute approximate surface area is 111 Å². The Hall–Kier alpha value is -1.68. The van der Waals surface area contributed by atoms with Gasteiger partial charge in [0.2, 0.25) is 0 Å². The Morgan fingerprint density at radius 1 is 1.61 bits per heavy atom. The van der Waals surface area contributed by atoms with Gasteiger partial charge in [0.15, 0.2) is 6.10 Å². The summed E-state index contributed by atoms with van der Waals surface area (Å²) < 4.78 is 5.67. The second-order valence-corrected chi connectivity index (χ2v) is 4.62. The number of anilines is 1. The smallest absolute Gasteiger partial charge is 0.262 e. The summed E-state index contributed by atoms with van der Waals surface area (Å²) in [5.41, 5.74) is 0.930. The number of para-hydroxylation sites is 2. The highest BCUT2D eigenvalue weighted by Gasteiger charge is 2.29. The van der Waals surface area contributed by atoms with Crippen LogP contribution in [-0.2, 0) is 4.79 Å². The predicted octanol–water partition coefficient (Wildman–Crippen LogP) is 1.75. The van der Waals surface area contributed by atoms with Crippen molar-refractivity contribution in [2.24, 2.45) is 0 Å². The monoisotopic (exact) mass is 266 g/mol. The summed E-state index contributed by atoms with van der Waals surface area (Å²) in [6.45, 7) is 4.65. The van der Waals surface area contributed by atoms with Gasteiger partial charge in [0, 0.05) is 12.1 Å². The van der Waals surface area contributed by atoms with Crippen LogP contribution >= 0.6 is 11.6 Å². The number of fused-ring (bicyclic) bond motifs is 1. The van der Waals surface area contributed by atoms with E-state index in [1.807, 2.05) is 29.2 Å². The Morgan fingerprint density at radius 3 is 3.00 bits per heavy atom. The minimum Gasteiger partial charge on any atom is -0.477 e. The third kappa shape index (κ3) is 2.59. The van der Waals surface area contributed by atoms with Gasteiger partial charge >= 0.3 is 0 Å². The molecule has 0 fully saturated rings. The summed E-state index contributed by atoms with van der Waals surface area (Å²) in [5, 5.41) is 3.12. The number of ether oxygens (including phenoxy) is 1. The van der Waals surface area contributed by atoms with Gasteiger partial charge in [-0.15, -0.1) is 0 Å². The van der Waals surface area contributed by atoms with Crippen LogP contribution in [0.15, 0.2) is 35.9 Å². The summed E-state index contributed by atoms with van der Waals surface area (Å²) in [5.74, 6) is 0.546. The van der Waals surface area contributed by atoms with Crippen molar-refractivity contribution < 1.29 is 9.53 Å². The van der Waals surface area contributed by atoms with Crippen molar-refractivity contribution in [3.8, 4) is 5.75 Å². The van der Waals surface area contributed by atoms with Crippen molar-refractivity contribution in [1.29, 1.82) is 0 Å². The van der Waals surface area contributed by atoms with Gasteiger partial charge in [-0.2, -0.15) is 0 Å². The number of rotatable bonds is 3. The number of hydrogen-bond donors (Lipinski definition) is 1. The van der Waals surface area contributed by atoms with Crippen LogP contribution in [0.25, 0.3) is 0 Å². The van der Waals surface area contributed by atoms with Crippen LogP contribution in [0.2, 0.25) is 0 Å². The fourth-order valence-corrected chi connectivity index (χ4v) is 2.11. The molecule has 0 saturated carbocycles. The van der Waals surface area contributed by atoms with E-state index in [1.54, 1.807) is 7.05 Å². The van der Waals surface area contributed by atoms with Crippen LogP contribution in [0.1, 0.15) is 0 Å². The molecular weight excluding hydrogens is 252 g/mol. The summed E-state index contributed by atoms with van der Waals surface area (Å²) >= 11 is 5.86. The minimum absolute atomic E-state index is 0.144. The molecule has 1 atom stereocenters. The maximum absolute atomic E-state index is 11.7. The van der Waals surface area contributed by atoms with Crippen LogP contribution in [0.4, 0.5) is 5.69 Å². The Balaban J connectivity index is 2.29. The van der Waals surface area contributed by atoms with E-state index < -0.39 is 6.10 Å². The molecule has 0 unspecified atom stereocenters. The van der Waals surface area contributed by atoms with Gasteiger partial charge in [0.25, 0.3) is 5.91 Å². The van der Waals surface area contributed by atoms with Crippen molar-refractivity contribution in [3.63, 3.8) is 0 Å². The zero-order valence-electron chi connectivity index (χ0n) is 10.1. The number of carbonyl (C=O) groups excluding carboxylic acids is 1. The molecule has 1 aromatic carbocycles. The topological polar surface area (TPSA) is 41.6 Å². The number of nitrogens with zero attached hydrogens (tertiary/aromatic N) is 1. The molecule has 0 saturated heterocycles. The maximum atomic E-state index is 11.7. The van der Waals surface area contributed by atoms with Crippen molar-refractivity contribution in [3.05, 3.63) is 35.9 Å². The fourth-order valence-electron chi connectivity index (χ4n) is 1.96. The standard InChI is InChI=1S/C13H15ClN2O2/c1-9(14)7-16-8-12(13(17)15-2)18-11-6-4-3-5-10(11)16/h3-6,12H,1,7-8H2,2H3,(H,15,17)/t12-/m0/s1. The van der Waals surface area contributed by atoms with Crippen LogP contribution < -0.4 is 15.0 Å². The molecule has 0 aromatic heterocycles. The van der Waals surface area contributed by atoms with E-state index in [9.17, 15) is 4.79 Å². The lowest BCUT2D eigenvalue weighted by Crippen LogP contribution is -2.48. The molecule has 4 nitrogen and oxygen atoms in total. The summed E-state index contributed by atoms with van der Waals surface area (Å²) in [4.78, 5) is 13.7. The Kier molecular flexibility index (Phi) is 3.77. The minimum atomic E-state index is -0.527. The number of hydrogen-bond acceptors (Lipinski definition) is 3. The van der Waals surface area contributed by atoms with Gasteiger partial charge in [-0.25, -0.2) is 0 Å². The van der Waals surface area contributed by atoms with Crippen LogP contribution in [-0.4, -0.2) is 32.1 Å². The van der Waals surface area contributed by atoms with E-state index in [4.69, 9.17) is 16.3 Å². The zero-order valence-corrected chi connectivity index (χ0v) is 10.9. The molecule has 1 aliphatic rings. The molecule has 5 heteroatoms. The molecule has 2 rings (SSSR count). The highest BCUT2D eigenvalue weighted by Crippen LogP contribution is 2.33. The van der Waals surface area contributed by atoms with Gasteiger partial charge in [-0.3, -0.25) is 4.79 Å². The number of benzene rings is 1. The maximum Gasteiger partial charge on any atom is 0.262 e. The number of carbonyl (C=O) groups is 1. The molecule has 0 aliphatic carbocycles. The molecule has 1 N–H and O–H groups in total. The second-order valence-electron chi connectivity index (χ2n) is 4.09. The first-order chi connectivity index (χ1) is 8.61. The molecule has 0 radical (unpaired) electrons. The summed E-state index contributed by atoms with van der Waals surface area (Å²) in [6.07, 6.45) is -0.527. The van der Waals surface area contributed by atoms with Gasteiger partial charge in [0.1, 0.15) is 5.75 Å². The fraction of sp³-hybridized carbons (Fsp3) is 0.308. The number of likely N-dealkylation sites (N-methyl/N-ethyl adjacent to an activating group) is 1. The number of amides is 1. The van der Waals surface area contributed by atoms with Gasteiger partial charge in [-0.1, -0.05) is 30.3 Å². The molecule has 0 spiro atoms. The summed E-state index contributed by atoms with van der Waals surface area (Å²) in [6, 6.07) is 7.58. The van der Waals surface area contributed by atoms with Crippen molar-refractivity contribution in [2.45, 2.75) is 6.10 Å². The van der Waals surface area contributed by atoms with E-state index in [0.29, 0.717) is 23.9 Å². The van der Waals surface area contributed by atoms with Crippen LogP contribution in [0, 0.1) is 0 Å². The van der Waals surface area contributed by atoms with Crippen LogP contribution in [0.5, 0.6) is 5.75 Å². The Bertz CT molecular complexity index is 476. The van der Waals surface area contributed by atoms with Gasteiger partial charge in [0.05, 0.1) is 18.8 Å². The van der Waals surface area contributed by atoms with Gasteiger partial charge < -0.3 is 15.0 Å². The lowest BCUT2D eigenvalue weighted by molar-refractivity contribution is -0.127. The van der Waals surface area contributed by atoms with Crippen molar-refractivity contribution in [2.75, 3.05) is 25.0 Å². The lowest BCUT2D eigenvalue weighted by Gasteiger charge is -2.35. The molecule has 18 heavy (non-hydrogen) atoms. The van der Waals surface area contributed by atoms with E-state index in [-0.39, 0.29) is 5.91 Å². The molecule has 1 aliphatic heterocycles. The summed E-state index contributed by atoms with van der Waals surface area (Å²) in [7, 11) is 1.59. The first-order valence-corrected chi connectivity index (χ1v) is 6.05. The molecule has 1 heterocycles. The second kappa shape index (κ2) is 5.31. The van der Waals surface area contributed by atoms with Gasteiger partial charge in [-0.05, 0) is 12.1 Å². The normalized spacial score (nSPS) is 17.7. The van der Waals surface area contributed by atoms with E-state index >= 15 is 0 Å². The zero-order chi connectivity index (χ0) is 13.1. The average molecular weight is 267 g/mol. The molecule has 1 aromatic rings. The number of nitrogens with one attached hydrogen (secondary N) is 1. The molecule has 0 bridgehead atoms. The lowest BCUT2D eigenvalue weighted by atomic mass is 10.2. The highest BCUT2D eigenvalue weighted by molar-refractivity contribution is 6.29. The third-order valence-corrected chi connectivity index (χ3v) is 2.88. The van der Waals surface area contributed by atoms with Crippen LogP contribution in [0.3, 0.4) is 0 Å². The predicted molar refractivity (Wildman–Crippen MR) is 72.1 cm³/mol. The number of halogens is 1. The quantitative estimate of drug-likeness (QED) is 0.906. The average Bonchev–Trinajstić information content (AvgIpc) is 2.37. The first-order valence-electron chi connectivity index (χ1n) is 5.67. The van der Waals surface area contributed by atoms with Crippen molar-refractivity contribution >= 4 is 23.2 Å².